The monoisotopic (exact) mass is 730 g/mol. The van der Waals surface area contributed by atoms with Crippen molar-refractivity contribution in [1.82, 2.24) is 42.2 Å². The van der Waals surface area contributed by atoms with Crippen LogP contribution in [0.25, 0.3) is 0 Å². The van der Waals surface area contributed by atoms with Crippen LogP contribution in [0.3, 0.4) is 0 Å². The molecule has 6 amide bonds. The van der Waals surface area contributed by atoms with Gasteiger partial charge in [0.15, 0.2) is 5.69 Å². The second kappa shape index (κ2) is 17.1. The normalized spacial score (nSPS) is 22.1. The van der Waals surface area contributed by atoms with Gasteiger partial charge in [0.1, 0.15) is 41.7 Å². The molecule has 53 heavy (non-hydrogen) atoms. The van der Waals surface area contributed by atoms with Crippen LogP contribution in [0.2, 0.25) is 0 Å². The first-order chi connectivity index (χ1) is 25.3. The third-order valence-electron chi connectivity index (χ3n) is 9.05. The molecule has 1 fully saturated rings. The Hall–Kier alpha value is -5.80. The SMILES string of the molecule is Cc1nonc1C(=O)NCC(=O)N[C@H]1Cc2ccc(cc2)OC[C@H](CC(C)C)NC(=O)[C@@H](Cc2ccccc2)NC(=O)C2(CC2)NC(=O)[C@@H](C)NC1=O. The van der Waals surface area contributed by atoms with E-state index in [0.717, 1.165) is 5.56 Å². The van der Waals surface area contributed by atoms with E-state index in [0.29, 0.717) is 30.6 Å². The highest BCUT2D eigenvalue weighted by Gasteiger charge is 2.52. The summed E-state index contributed by atoms with van der Waals surface area (Å²) in [6.45, 7) is 6.74. The van der Waals surface area contributed by atoms with E-state index in [2.05, 4.69) is 46.8 Å². The van der Waals surface area contributed by atoms with Gasteiger partial charge in [0, 0.05) is 12.8 Å². The molecule has 1 spiro atoms. The molecule has 282 valence electrons. The fourth-order valence-corrected chi connectivity index (χ4v) is 5.94. The third-order valence-corrected chi connectivity index (χ3v) is 9.05. The summed E-state index contributed by atoms with van der Waals surface area (Å²) in [4.78, 5) is 80.0. The van der Waals surface area contributed by atoms with Gasteiger partial charge in [-0.25, -0.2) is 4.63 Å². The number of aromatic nitrogens is 2. The van der Waals surface area contributed by atoms with E-state index in [4.69, 9.17) is 4.74 Å². The van der Waals surface area contributed by atoms with E-state index >= 15 is 0 Å². The number of amides is 6. The molecule has 6 rings (SSSR count). The van der Waals surface area contributed by atoms with Crippen LogP contribution in [-0.4, -0.2) is 88.6 Å². The van der Waals surface area contributed by atoms with Crippen molar-refractivity contribution in [3.8, 4) is 5.75 Å². The average Bonchev–Trinajstić information content (AvgIpc) is 3.78. The Morgan fingerprint density at radius 1 is 0.925 bits per heavy atom. The van der Waals surface area contributed by atoms with Crippen molar-refractivity contribution in [2.75, 3.05) is 13.2 Å². The van der Waals surface area contributed by atoms with Crippen molar-refractivity contribution in [2.24, 2.45) is 5.92 Å². The first kappa shape index (κ1) is 38.4. The Morgan fingerprint density at radius 2 is 1.64 bits per heavy atom. The lowest BCUT2D eigenvalue weighted by Gasteiger charge is -2.27. The van der Waals surface area contributed by atoms with Gasteiger partial charge in [-0.1, -0.05) is 61.5 Å². The summed E-state index contributed by atoms with van der Waals surface area (Å²) in [5.74, 6) is -2.76. The molecule has 4 atom stereocenters. The first-order valence-electron chi connectivity index (χ1n) is 17.7. The molecule has 6 N–H and O–H groups in total. The number of ether oxygens (including phenoxy) is 1. The van der Waals surface area contributed by atoms with Gasteiger partial charge in [-0.15, -0.1) is 0 Å². The molecule has 16 heteroatoms. The zero-order chi connectivity index (χ0) is 38.1. The van der Waals surface area contributed by atoms with Gasteiger partial charge in [-0.3, -0.25) is 28.8 Å². The number of hydrogen-bond donors (Lipinski definition) is 6. The molecule has 0 unspecified atom stereocenters. The molecular formula is C37H46N8O8. The van der Waals surface area contributed by atoms with Crippen LogP contribution in [0.5, 0.6) is 5.75 Å². The molecule has 1 aromatic heterocycles. The number of nitrogens with one attached hydrogen (secondary N) is 6. The Morgan fingerprint density at radius 3 is 2.28 bits per heavy atom. The molecule has 16 nitrogen and oxygen atoms in total. The van der Waals surface area contributed by atoms with Crippen LogP contribution < -0.4 is 36.6 Å². The quantitative estimate of drug-likeness (QED) is 0.178. The lowest BCUT2D eigenvalue weighted by atomic mass is 10.0. The molecule has 0 radical (unpaired) electrons. The fourth-order valence-electron chi connectivity index (χ4n) is 5.94. The summed E-state index contributed by atoms with van der Waals surface area (Å²) in [5.41, 5.74) is 0.427. The van der Waals surface area contributed by atoms with Crippen LogP contribution in [0, 0.1) is 12.8 Å². The second-order valence-electron chi connectivity index (χ2n) is 14.0. The average molecular weight is 731 g/mol. The minimum Gasteiger partial charge on any atom is -0.491 e. The molecule has 1 saturated carbocycles. The predicted molar refractivity (Wildman–Crippen MR) is 190 cm³/mol. The van der Waals surface area contributed by atoms with Crippen molar-refractivity contribution >= 4 is 35.4 Å². The predicted octanol–water partition coefficient (Wildman–Crippen LogP) is 0.640. The summed E-state index contributed by atoms with van der Waals surface area (Å²) in [6.07, 6.45) is 1.56. The molecule has 2 aromatic carbocycles. The van der Waals surface area contributed by atoms with E-state index in [1.165, 1.54) is 13.8 Å². The van der Waals surface area contributed by atoms with Crippen molar-refractivity contribution in [2.45, 2.75) is 89.5 Å². The topological polar surface area (TPSA) is 223 Å². The summed E-state index contributed by atoms with van der Waals surface area (Å²) in [7, 11) is 0. The minimum absolute atomic E-state index is 0.0353. The Labute approximate surface area is 306 Å². The van der Waals surface area contributed by atoms with E-state index in [1.54, 1.807) is 24.3 Å². The Bertz CT molecular complexity index is 1790. The number of rotatable bonds is 8. The number of hydrogen-bond acceptors (Lipinski definition) is 10. The van der Waals surface area contributed by atoms with Gasteiger partial charge in [0.05, 0.1) is 12.6 Å². The lowest BCUT2D eigenvalue weighted by Crippen LogP contribution is -2.60. The number of aryl methyl sites for hydroxylation is 1. The van der Waals surface area contributed by atoms with E-state index in [9.17, 15) is 28.8 Å². The number of fused-ring (bicyclic) bond motifs is 15. The standard InChI is InChI=1S/C37H46N8O8/c1-21(2)16-26-20-52-27-12-10-25(11-13-27)18-28(41-30(46)19-38-35(50)31-22(3)44-53-45-31)33(48)39-23(4)32(47)43-37(14-15-37)36(51)42-29(34(49)40-26)17-24-8-6-5-7-9-24/h5-13,21,23,26,28-29H,14-20H2,1-4H3,(H,38,50)(H,39,48)(H,40,49)(H,41,46)(H,42,51)(H,43,47)/t23-,26+,28+,29-/m1/s1. The van der Waals surface area contributed by atoms with Crippen LogP contribution in [-0.2, 0) is 36.8 Å². The number of carbonyl (C=O) groups is 6. The first-order valence-corrected chi connectivity index (χ1v) is 17.7. The van der Waals surface area contributed by atoms with Gasteiger partial charge in [0.25, 0.3) is 5.91 Å². The van der Waals surface area contributed by atoms with Crippen LogP contribution in [0.4, 0.5) is 0 Å². The van der Waals surface area contributed by atoms with Gasteiger partial charge in [-0.2, -0.15) is 0 Å². The lowest BCUT2D eigenvalue weighted by molar-refractivity contribution is -0.135. The molecule has 0 saturated heterocycles. The molecule has 1 aliphatic carbocycles. The van der Waals surface area contributed by atoms with Crippen molar-refractivity contribution in [3.05, 3.63) is 77.1 Å². The fraction of sp³-hybridized carbons (Fsp3) is 0.459. The zero-order valence-corrected chi connectivity index (χ0v) is 30.2. The molecule has 3 aliphatic rings. The molecule has 2 aliphatic heterocycles. The highest BCUT2D eigenvalue weighted by Crippen LogP contribution is 2.36. The van der Waals surface area contributed by atoms with E-state index in [1.807, 2.05) is 44.2 Å². The van der Waals surface area contributed by atoms with Crippen molar-refractivity contribution in [1.29, 1.82) is 0 Å². The maximum absolute atomic E-state index is 13.8. The molecule has 2 bridgehead atoms. The number of nitrogens with zero attached hydrogens (tertiary/aromatic N) is 2. The van der Waals surface area contributed by atoms with Gasteiger partial charge in [0.2, 0.25) is 29.5 Å². The van der Waals surface area contributed by atoms with Crippen LogP contribution in [0.1, 0.15) is 67.3 Å². The molecule has 3 heterocycles. The molecular weight excluding hydrogens is 684 g/mol. The highest BCUT2D eigenvalue weighted by atomic mass is 16.6. The number of benzene rings is 2. The summed E-state index contributed by atoms with van der Waals surface area (Å²) < 4.78 is 10.6. The van der Waals surface area contributed by atoms with E-state index in [-0.39, 0.29) is 48.7 Å². The van der Waals surface area contributed by atoms with Gasteiger partial charge < -0.3 is 36.6 Å². The van der Waals surface area contributed by atoms with E-state index < -0.39 is 59.7 Å². The largest absolute Gasteiger partial charge is 0.491 e. The Kier molecular flexibility index (Phi) is 12.4. The highest BCUT2D eigenvalue weighted by molar-refractivity contribution is 5.99. The smallest absolute Gasteiger partial charge is 0.275 e. The third kappa shape index (κ3) is 10.6. The summed E-state index contributed by atoms with van der Waals surface area (Å²) >= 11 is 0. The maximum atomic E-state index is 13.8. The second-order valence-corrected chi connectivity index (χ2v) is 14.0. The van der Waals surface area contributed by atoms with Crippen molar-refractivity contribution in [3.63, 3.8) is 0 Å². The maximum Gasteiger partial charge on any atom is 0.275 e. The minimum atomic E-state index is -1.25. The summed E-state index contributed by atoms with van der Waals surface area (Å²) in [6, 6.07) is 12.7. The molecule has 3 aromatic rings. The summed E-state index contributed by atoms with van der Waals surface area (Å²) in [5, 5.41) is 23.5. The van der Waals surface area contributed by atoms with Crippen molar-refractivity contribution < 1.29 is 38.1 Å². The van der Waals surface area contributed by atoms with Gasteiger partial charge >= 0.3 is 0 Å². The Balaban J connectivity index is 1.37. The van der Waals surface area contributed by atoms with Crippen LogP contribution in [0.15, 0.2) is 59.2 Å². The van der Waals surface area contributed by atoms with Gasteiger partial charge in [-0.05, 0) is 67.4 Å². The zero-order valence-electron chi connectivity index (χ0n) is 30.2. The number of carbonyl (C=O) groups excluding carboxylic acids is 6. The van der Waals surface area contributed by atoms with Crippen LogP contribution >= 0.6 is 0 Å².